The molecule has 1 aliphatic heterocycles. The van der Waals surface area contributed by atoms with Gasteiger partial charge in [0.2, 0.25) is 0 Å². The van der Waals surface area contributed by atoms with E-state index >= 15 is 0 Å². The van der Waals surface area contributed by atoms with Gasteiger partial charge in [0, 0.05) is 12.2 Å². The summed E-state index contributed by atoms with van der Waals surface area (Å²) in [5.74, 6) is 1.01. The predicted octanol–water partition coefficient (Wildman–Crippen LogP) is 1.74. The number of anilines is 1. The lowest BCUT2D eigenvalue weighted by atomic mass is 10.0. The van der Waals surface area contributed by atoms with Gasteiger partial charge in [0.15, 0.2) is 0 Å². The lowest BCUT2D eigenvalue weighted by Gasteiger charge is -2.35. The summed E-state index contributed by atoms with van der Waals surface area (Å²) in [5, 5.41) is 9.32. The van der Waals surface area contributed by atoms with Gasteiger partial charge in [-0.15, -0.1) is 0 Å². The Labute approximate surface area is 90.8 Å². The van der Waals surface area contributed by atoms with Crippen molar-refractivity contribution >= 4 is 5.82 Å². The molecule has 82 valence electrons. The Kier molecular flexibility index (Phi) is 3.21. The van der Waals surface area contributed by atoms with E-state index in [0.29, 0.717) is 0 Å². The van der Waals surface area contributed by atoms with Gasteiger partial charge in [0.1, 0.15) is 5.82 Å². The fraction of sp³-hybridized carbons (Fsp3) is 0.583. The Balaban J connectivity index is 2.20. The summed E-state index contributed by atoms with van der Waals surface area (Å²) in [7, 11) is 0. The van der Waals surface area contributed by atoms with E-state index in [1.807, 2.05) is 25.1 Å². The summed E-state index contributed by atoms with van der Waals surface area (Å²) in [6.45, 7) is 3.25. The van der Waals surface area contributed by atoms with E-state index in [1.165, 1.54) is 12.8 Å². The molecule has 1 aliphatic rings. The van der Waals surface area contributed by atoms with E-state index in [4.69, 9.17) is 0 Å². The molecular weight excluding hydrogens is 188 g/mol. The third-order valence-electron chi connectivity index (χ3n) is 3.01. The van der Waals surface area contributed by atoms with E-state index in [1.54, 1.807) is 0 Å². The van der Waals surface area contributed by atoms with E-state index in [-0.39, 0.29) is 12.6 Å². The Hall–Kier alpha value is -1.09. The number of pyridine rings is 1. The highest BCUT2D eigenvalue weighted by molar-refractivity contribution is 5.41. The molecule has 1 fully saturated rings. The first-order chi connectivity index (χ1) is 7.31. The summed E-state index contributed by atoms with van der Waals surface area (Å²) in [4.78, 5) is 6.74. The summed E-state index contributed by atoms with van der Waals surface area (Å²) in [6.07, 6.45) is 3.49. The van der Waals surface area contributed by atoms with E-state index < -0.39 is 0 Å². The molecule has 3 heteroatoms. The highest BCUT2D eigenvalue weighted by Gasteiger charge is 2.22. The molecule has 1 atom stereocenters. The Morgan fingerprint density at radius 3 is 3.07 bits per heavy atom. The van der Waals surface area contributed by atoms with Crippen molar-refractivity contribution in [2.24, 2.45) is 0 Å². The van der Waals surface area contributed by atoms with Crippen LogP contribution in [0.1, 0.15) is 25.0 Å². The Morgan fingerprint density at radius 2 is 2.33 bits per heavy atom. The lowest BCUT2D eigenvalue weighted by Crippen LogP contribution is -2.42. The molecule has 0 aromatic carbocycles. The predicted molar refractivity (Wildman–Crippen MR) is 61.0 cm³/mol. The number of nitrogens with zero attached hydrogens (tertiary/aromatic N) is 2. The maximum atomic E-state index is 9.32. The number of aliphatic hydroxyl groups is 1. The van der Waals surface area contributed by atoms with Crippen molar-refractivity contribution in [1.82, 2.24) is 4.98 Å². The van der Waals surface area contributed by atoms with Gasteiger partial charge in [-0.3, -0.25) is 0 Å². The molecule has 1 aromatic heterocycles. The highest BCUT2D eigenvalue weighted by Crippen LogP contribution is 2.22. The Bertz CT molecular complexity index is 327. The molecule has 1 aromatic rings. The van der Waals surface area contributed by atoms with Crippen LogP contribution in [0, 0.1) is 6.92 Å². The van der Waals surface area contributed by atoms with Crippen molar-refractivity contribution in [1.29, 1.82) is 0 Å². The molecule has 1 unspecified atom stereocenters. The van der Waals surface area contributed by atoms with E-state index in [2.05, 4.69) is 9.88 Å². The normalized spacial score (nSPS) is 21.7. The van der Waals surface area contributed by atoms with Gasteiger partial charge in [-0.05, 0) is 38.3 Å². The number of aryl methyl sites for hydroxylation is 1. The SMILES string of the molecule is Cc1cccc(N2CCCCC2CO)n1. The van der Waals surface area contributed by atoms with Crippen LogP contribution >= 0.6 is 0 Å². The fourth-order valence-electron chi connectivity index (χ4n) is 2.18. The molecule has 1 N–H and O–H groups in total. The number of rotatable bonds is 2. The minimum absolute atomic E-state index is 0.232. The van der Waals surface area contributed by atoms with Gasteiger partial charge in [0.05, 0.1) is 12.6 Å². The second kappa shape index (κ2) is 4.62. The molecule has 0 saturated carbocycles. The quantitative estimate of drug-likeness (QED) is 0.800. The van der Waals surface area contributed by atoms with Crippen LogP contribution in [0.4, 0.5) is 5.82 Å². The molecule has 0 aliphatic carbocycles. The first-order valence-electron chi connectivity index (χ1n) is 5.62. The largest absolute Gasteiger partial charge is 0.394 e. The number of hydrogen-bond donors (Lipinski definition) is 1. The molecule has 15 heavy (non-hydrogen) atoms. The number of hydrogen-bond acceptors (Lipinski definition) is 3. The zero-order valence-electron chi connectivity index (χ0n) is 9.19. The molecule has 2 heterocycles. The van der Waals surface area contributed by atoms with Gasteiger partial charge in [-0.2, -0.15) is 0 Å². The first kappa shape index (κ1) is 10.4. The third kappa shape index (κ3) is 2.29. The van der Waals surface area contributed by atoms with Crippen LogP contribution in [0.5, 0.6) is 0 Å². The molecule has 0 amide bonds. The topological polar surface area (TPSA) is 36.4 Å². The molecule has 1 saturated heterocycles. The van der Waals surface area contributed by atoms with Crippen LogP contribution in [0.2, 0.25) is 0 Å². The third-order valence-corrected chi connectivity index (χ3v) is 3.01. The number of aliphatic hydroxyl groups excluding tert-OH is 1. The van der Waals surface area contributed by atoms with E-state index in [0.717, 1.165) is 24.5 Å². The lowest BCUT2D eigenvalue weighted by molar-refractivity contribution is 0.239. The monoisotopic (exact) mass is 206 g/mol. The maximum absolute atomic E-state index is 9.32. The summed E-state index contributed by atoms with van der Waals surface area (Å²) in [5.41, 5.74) is 1.04. The van der Waals surface area contributed by atoms with Crippen molar-refractivity contribution in [3.8, 4) is 0 Å². The summed E-state index contributed by atoms with van der Waals surface area (Å²) < 4.78 is 0. The van der Waals surface area contributed by atoms with Gasteiger partial charge in [0.25, 0.3) is 0 Å². The van der Waals surface area contributed by atoms with Crippen molar-refractivity contribution in [3.63, 3.8) is 0 Å². The van der Waals surface area contributed by atoms with Crippen LogP contribution in [-0.2, 0) is 0 Å². The van der Waals surface area contributed by atoms with Crippen molar-refractivity contribution in [2.45, 2.75) is 32.2 Å². The molecule has 2 rings (SSSR count). The minimum Gasteiger partial charge on any atom is -0.394 e. The second-order valence-electron chi connectivity index (χ2n) is 4.16. The zero-order valence-corrected chi connectivity index (χ0v) is 9.19. The first-order valence-corrected chi connectivity index (χ1v) is 5.62. The maximum Gasteiger partial charge on any atom is 0.129 e. The molecule has 0 bridgehead atoms. The minimum atomic E-state index is 0.232. The summed E-state index contributed by atoms with van der Waals surface area (Å²) in [6, 6.07) is 6.32. The summed E-state index contributed by atoms with van der Waals surface area (Å²) >= 11 is 0. The van der Waals surface area contributed by atoms with Crippen molar-refractivity contribution in [3.05, 3.63) is 23.9 Å². The van der Waals surface area contributed by atoms with Crippen LogP contribution < -0.4 is 4.90 Å². The average molecular weight is 206 g/mol. The zero-order chi connectivity index (χ0) is 10.7. The number of piperidine rings is 1. The Morgan fingerprint density at radius 1 is 1.47 bits per heavy atom. The number of aromatic nitrogens is 1. The second-order valence-corrected chi connectivity index (χ2v) is 4.16. The van der Waals surface area contributed by atoms with Crippen LogP contribution in [-0.4, -0.2) is 29.3 Å². The van der Waals surface area contributed by atoms with Gasteiger partial charge >= 0.3 is 0 Å². The highest BCUT2D eigenvalue weighted by atomic mass is 16.3. The van der Waals surface area contributed by atoms with Crippen molar-refractivity contribution in [2.75, 3.05) is 18.1 Å². The molecular formula is C12H18N2O. The van der Waals surface area contributed by atoms with Gasteiger partial charge in [-0.25, -0.2) is 4.98 Å². The van der Waals surface area contributed by atoms with E-state index in [9.17, 15) is 5.11 Å². The smallest absolute Gasteiger partial charge is 0.129 e. The van der Waals surface area contributed by atoms with Gasteiger partial charge < -0.3 is 10.0 Å². The van der Waals surface area contributed by atoms with Crippen LogP contribution in [0.25, 0.3) is 0 Å². The fourth-order valence-corrected chi connectivity index (χ4v) is 2.18. The average Bonchev–Trinajstić information content (AvgIpc) is 2.29. The molecule has 0 radical (unpaired) electrons. The van der Waals surface area contributed by atoms with Gasteiger partial charge in [-0.1, -0.05) is 6.07 Å². The molecule has 0 spiro atoms. The molecule has 3 nitrogen and oxygen atoms in total. The van der Waals surface area contributed by atoms with Crippen LogP contribution in [0.15, 0.2) is 18.2 Å². The van der Waals surface area contributed by atoms with Crippen LogP contribution in [0.3, 0.4) is 0 Å². The van der Waals surface area contributed by atoms with Crippen molar-refractivity contribution < 1.29 is 5.11 Å². The standard InChI is InChI=1S/C12H18N2O/c1-10-5-4-7-12(13-10)14-8-3-2-6-11(14)9-15/h4-5,7,11,15H,2-3,6,8-9H2,1H3.